The zero-order valence-corrected chi connectivity index (χ0v) is 22.9. The lowest BCUT2D eigenvalue weighted by molar-refractivity contribution is -0.137. The standard InChI is InChI=1S/C28H28ClF3N2O4S/c1-3-27(4-2)17-23(21-12-8-9-13-25(21)38-27)33-26(35)18-34(39(36,37)20-10-6-5-7-11-20)24-16-19(28(30,31)32)14-15-22(24)29/h5-16,23H,3-4,17-18H2,1-2H3,(H,33,35)/t23-/m0/s1. The number of nitrogens with zero attached hydrogens (tertiary/aromatic N) is 1. The first-order valence-corrected chi connectivity index (χ1v) is 14.2. The van der Waals surface area contributed by atoms with Gasteiger partial charge in [-0.2, -0.15) is 13.2 Å². The number of hydrogen-bond acceptors (Lipinski definition) is 4. The molecule has 0 fully saturated rings. The number of carbonyl (C=O) groups excluding carboxylic acids is 1. The van der Waals surface area contributed by atoms with E-state index < -0.39 is 51.5 Å². The molecule has 0 aliphatic carbocycles. The normalized spacial score (nSPS) is 16.6. The van der Waals surface area contributed by atoms with Crippen molar-refractivity contribution in [3.05, 3.63) is 88.9 Å². The molecule has 1 heterocycles. The number of sulfonamides is 1. The molecular formula is C28H28ClF3N2O4S. The third-order valence-electron chi connectivity index (χ3n) is 6.98. The van der Waals surface area contributed by atoms with E-state index in [1.165, 1.54) is 24.3 Å². The zero-order chi connectivity index (χ0) is 28.4. The van der Waals surface area contributed by atoms with E-state index in [1.807, 2.05) is 32.0 Å². The van der Waals surface area contributed by atoms with Gasteiger partial charge in [-0.05, 0) is 49.2 Å². The van der Waals surface area contributed by atoms with Gasteiger partial charge in [-0.1, -0.05) is 61.8 Å². The zero-order valence-electron chi connectivity index (χ0n) is 21.3. The van der Waals surface area contributed by atoms with Crippen LogP contribution >= 0.6 is 11.6 Å². The molecule has 0 saturated carbocycles. The SMILES string of the molecule is CCC1(CC)C[C@H](NC(=O)CN(c2cc(C(F)(F)F)ccc2Cl)S(=O)(=O)c2ccccc2)c2ccccc2O1. The van der Waals surface area contributed by atoms with E-state index in [4.69, 9.17) is 16.3 Å². The van der Waals surface area contributed by atoms with E-state index >= 15 is 0 Å². The molecule has 208 valence electrons. The molecule has 6 nitrogen and oxygen atoms in total. The van der Waals surface area contributed by atoms with Gasteiger partial charge in [0.2, 0.25) is 5.91 Å². The average Bonchev–Trinajstić information content (AvgIpc) is 2.91. The molecule has 0 spiro atoms. The first kappa shape index (κ1) is 28.8. The maximum absolute atomic E-state index is 13.7. The minimum Gasteiger partial charge on any atom is -0.487 e. The number of anilines is 1. The lowest BCUT2D eigenvalue weighted by Crippen LogP contribution is -2.47. The Morgan fingerprint density at radius 2 is 1.69 bits per heavy atom. The molecular weight excluding hydrogens is 553 g/mol. The minimum absolute atomic E-state index is 0.196. The number of amides is 1. The monoisotopic (exact) mass is 580 g/mol. The summed E-state index contributed by atoms with van der Waals surface area (Å²) < 4.78 is 74.8. The summed E-state index contributed by atoms with van der Waals surface area (Å²) in [5.74, 6) is -0.0850. The van der Waals surface area contributed by atoms with Crippen molar-refractivity contribution in [2.24, 2.45) is 0 Å². The topological polar surface area (TPSA) is 75.7 Å². The predicted octanol–water partition coefficient (Wildman–Crippen LogP) is 6.75. The van der Waals surface area contributed by atoms with Crippen LogP contribution in [-0.4, -0.2) is 26.5 Å². The predicted molar refractivity (Wildman–Crippen MR) is 143 cm³/mol. The van der Waals surface area contributed by atoms with Crippen LogP contribution < -0.4 is 14.4 Å². The van der Waals surface area contributed by atoms with Crippen LogP contribution in [0.25, 0.3) is 0 Å². The molecule has 1 atom stereocenters. The fourth-order valence-electron chi connectivity index (χ4n) is 4.70. The molecule has 0 bridgehead atoms. The Balaban J connectivity index is 1.73. The van der Waals surface area contributed by atoms with Crippen molar-refractivity contribution in [1.82, 2.24) is 5.32 Å². The van der Waals surface area contributed by atoms with E-state index in [9.17, 15) is 26.4 Å². The maximum Gasteiger partial charge on any atom is 0.416 e. The van der Waals surface area contributed by atoms with E-state index in [0.717, 1.165) is 17.7 Å². The summed E-state index contributed by atoms with van der Waals surface area (Å²) in [5.41, 5.74) is -1.34. The van der Waals surface area contributed by atoms with Crippen LogP contribution in [0, 0.1) is 0 Å². The van der Waals surface area contributed by atoms with Crippen molar-refractivity contribution in [3.63, 3.8) is 0 Å². The molecule has 1 amide bonds. The van der Waals surface area contributed by atoms with Crippen LogP contribution in [0.4, 0.5) is 18.9 Å². The fraction of sp³-hybridized carbons (Fsp3) is 0.321. The molecule has 0 radical (unpaired) electrons. The highest BCUT2D eigenvalue weighted by molar-refractivity contribution is 7.92. The second kappa shape index (κ2) is 11.1. The molecule has 1 N–H and O–H groups in total. The minimum atomic E-state index is -4.75. The summed E-state index contributed by atoms with van der Waals surface area (Å²) >= 11 is 6.23. The summed E-state index contributed by atoms with van der Waals surface area (Å²) in [4.78, 5) is 13.2. The van der Waals surface area contributed by atoms with Gasteiger partial charge in [0.25, 0.3) is 10.0 Å². The van der Waals surface area contributed by atoms with E-state index in [2.05, 4.69) is 5.32 Å². The van der Waals surface area contributed by atoms with Crippen LogP contribution in [0.5, 0.6) is 5.75 Å². The summed E-state index contributed by atoms with van der Waals surface area (Å²) in [6.45, 7) is 3.18. The van der Waals surface area contributed by atoms with Crippen LogP contribution in [-0.2, 0) is 21.0 Å². The number of benzene rings is 3. The Morgan fingerprint density at radius 1 is 1.05 bits per heavy atom. The summed E-state index contributed by atoms with van der Waals surface area (Å²) in [6, 6.07) is 16.3. The lowest BCUT2D eigenvalue weighted by atomic mass is 9.83. The number of para-hydroxylation sites is 1. The average molecular weight is 581 g/mol. The number of halogens is 4. The summed E-state index contributed by atoms with van der Waals surface area (Å²) in [6.07, 6.45) is -2.95. The Morgan fingerprint density at radius 3 is 2.33 bits per heavy atom. The van der Waals surface area contributed by atoms with Crippen molar-refractivity contribution in [2.45, 2.75) is 55.8 Å². The highest BCUT2D eigenvalue weighted by Crippen LogP contribution is 2.43. The highest BCUT2D eigenvalue weighted by atomic mass is 35.5. The second-order valence-electron chi connectivity index (χ2n) is 9.34. The van der Waals surface area contributed by atoms with Crippen LogP contribution in [0.3, 0.4) is 0 Å². The molecule has 0 aromatic heterocycles. The molecule has 3 aromatic rings. The highest BCUT2D eigenvalue weighted by Gasteiger charge is 2.40. The van der Waals surface area contributed by atoms with Gasteiger partial charge in [0.15, 0.2) is 0 Å². The number of fused-ring (bicyclic) bond motifs is 1. The van der Waals surface area contributed by atoms with Gasteiger partial charge in [0.1, 0.15) is 17.9 Å². The van der Waals surface area contributed by atoms with Crippen molar-refractivity contribution in [2.75, 3.05) is 10.8 Å². The van der Waals surface area contributed by atoms with Crippen LogP contribution in [0.2, 0.25) is 5.02 Å². The largest absolute Gasteiger partial charge is 0.487 e. The first-order chi connectivity index (χ1) is 18.4. The maximum atomic E-state index is 13.7. The lowest BCUT2D eigenvalue weighted by Gasteiger charge is -2.41. The number of rotatable bonds is 8. The third kappa shape index (κ3) is 6.01. The quantitative estimate of drug-likeness (QED) is 0.320. The third-order valence-corrected chi connectivity index (χ3v) is 9.08. The summed E-state index contributed by atoms with van der Waals surface area (Å²) in [7, 11) is -4.47. The Bertz CT molecular complexity index is 1440. The van der Waals surface area contributed by atoms with Gasteiger partial charge in [-0.3, -0.25) is 9.10 Å². The Kier molecular flexibility index (Phi) is 8.18. The molecule has 3 aromatic carbocycles. The van der Waals surface area contributed by atoms with Gasteiger partial charge in [-0.25, -0.2) is 8.42 Å². The van der Waals surface area contributed by atoms with Crippen molar-refractivity contribution < 1.29 is 31.1 Å². The van der Waals surface area contributed by atoms with Gasteiger partial charge in [0, 0.05) is 12.0 Å². The number of carbonyl (C=O) groups is 1. The van der Waals surface area contributed by atoms with E-state index in [1.54, 1.807) is 12.1 Å². The molecule has 0 unspecified atom stereocenters. The molecule has 39 heavy (non-hydrogen) atoms. The van der Waals surface area contributed by atoms with Gasteiger partial charge in [0.05, 0.1) is 27.2 Å². The van der Waals surface area contributed by atoms with E-state index in [0.29, 0.717) is 35.4 Å². The van der Waals surface area contributed by atoms with Gasteiger partial charge in [-0.15, -0.1) is 0 Å². The van der Waals surface area contributed by atoms with Crippen molar-refractivity contribution in [3.8, 4) is 5.75 Å². The second-order valence-corrected chi connectivity index (χ2v) is 11.6. The molecule has 0 saturated heterocycles. The number of ether oxygens (including phenoxy) is 1. The smallest absolute Gasteiger partial charge is 0.416 e. The molecule has 11 heteroatoms. The molecule has 1 aliphatic heterocycles. The molecule has 4 rings (SSSR count). The van der Waals surface area contributed by atoms with Crippen molar-refractivity contribution >= 4 is 33.2 Å². The van der Waals surface area contributed by atoms with E-state index in [-0.39, 0.29) is 9.92 Å². The number of hydrogen-bond donors (Lipinski definition) is 1. The Hall–Kier alpha value is -3.24. The van der Waals surface area contributed by atoms with Gasteiger partial charge >= 0.3 is 6.18 Å². The van der Waals surface area contributed by atoms with Crippen LogP contribution in [0.15, 0.2) is 77.7 Å². The van der Waals surface area contributed by atoms with Crippen LogP contribution in [0.1, 0.15) is 50.3 Å². The van der Waals surface area contributed by atoms with Gasteiger partial charge < -0.3 is 10.1 Å². The number of alkyl halides is 3. The molecule has 1 aliphatic rings. The van der Waals surface area contributed by atoms with Crippen molar-refractivity contribution in [1.29, 1.82) is 0 Å². The first-order valence-electron chi connectivity index (χ1n) is 12.4. The number of nitrogens with one attached hydrogen (secondary N) is 1. The Labute approximate surface area is 230 Å². The summed E-state index contributed by atoms with van der Waals surface area (Å²) in [5, 5.41) is 2.65. The fourth-order valence-corrected chi connectivity index (χ4v) is 6.42.